The van der Waals surface area contributed by atoms with E-state index in [1.54, 1.807) is 11.3 Å². The topological polar surface area (TPSA) is 42.7 Å². The smallest absolute Gasteiger partial charge is 0.203 e. The highest BCUT2D eigenvalue weighted by molar-refractivity contribution is 7.07. The summed E-state index contributed by atoms with van der Waals surface area (Å²) in [5.74, 6) is 0.977. The highest BCUT2D eigenvalue weighted by Gasteiger charge is 2.16. The summed E-state index contributed by atoms with van der Waals surface area (Å²) in [7, 11) is 0. The van der Waals surface area contributed by atoms with E-state index in [1.807, 2.05) is 17.9 Å². The fraction of sp³-hybridized carbons (Fsp3) is 0.500. The number of rotatable bonds is 4. The number of imidazole rings is 1. The van der Waals surface area contributed by atoms with Crippen molar-refractivity contribution in [1.82, 2.24) is 14.5 Å². The quantitative estimate of drug-likeness (QED) is 0.904. The van der Waals surface area contributed by atoms with Crippen LogP contribution in [0.15, 0.2) is 23.3 Å². The van der Waals surface area contributed by atoms with E-state index in [1.165, 1.54) is 25.7 Å². The second kappa shape index (κ2) is 4.87. The highest BCUT2D eigenvalue weighted by Crippen LogP contribution is 2.21. The number of aromatic nitrogens is 3. The van der Waals surface area contributed by atoms with Crippen LogP contribution in [-0.2, 0) is 6.54 Å². The lowest BCUT2D eigenvalue weighted by atomic mass is 10.2. The molecule has 0 radical (unpaired) electrons. The molecule has 0 aliphatic heterocycles. The van der Waals surface area contributed by atoms with Crippen LogP contribution in [0.25, 0.3) is 0 Å². The molecule has 0 bridgehead atoms. The SMILES string of the molecule is c1cn(Cc2cscn2)c(NC2CCCC2)n1. The third-order valence-electron chi connectivity index (χ3n) is 3.22. The summed E-state index contributed by atoms with van der Waals surface area (Å²) in [5, 5.41) is 5.61. The fourth-order valence-corrected chi connectivity index (χ4v) is 2.87. The van der Waals surface area contributed by atoms with Crippen molar-refractivity contribution in [2.45, 2.75) is 38.3 Å². The summed E-state index contributed by atoms with van der Waals surface area (Å²) in [4.78, 5) is 8.69. The molecule has 1 aliphatic carbocycles. The lowest BCUT2D eigenvalue weighted by Crippen LogP contribution is -2.18. The Balaban J connectivity index is 1.70. The molecule has 90 valence electrons. The monoisotopic (exact) mass is 248 g/mol. The minimum atomic E-state index is 0.603. The van der Waals surface area contributed by atoms with Gasteiger partial charge >= 0.3 is 0 Å². The summed E-state index contributed by atoms with van der Waals surface area (Å²) in [6.07, 6.45) is 9.07. The molecule has 1 N–H and O–H groups in total. The minimum absolute atomic E-state index is 0.603. The Bertz CT molecular complexity index is 457. The number of hydrogen-bond acceptors (Lipinski definition) is 4. The van der Waals surface area contributed by atoms with Gasteiger partial charge in [0.2, 0.25) is 5.95 Å². The number of nitrogens with zero attached hydrogens (tertiary/aromatic N) is 3. The second-order valence-corrected chi connectivity index (χ2v) is 5.20. The summed E-state index contributed by atoms with van der Waals surface area (Å²) >= 11 is 1.63. The van der Waals surface area contributed by atoms with E-state index < -0.39 is 0 Å². The van der Waals surface area contributed by atoms with E-state index >= 15 is 0 Å². The molecular weight excluding hydrogens is 232 g/mol. The lowest BCUT2D eigenvalue weighted by Gasteiger charge is -2.14. The minimum Gasteiger partial charge on any atom is -0.353 e. The molecule has 0 saturated heterocycles. The maximum absolute atomic E-state index is 4.39. The van der Waals surface area contributed by atoms with Crippen molar-refractivity contribution in [2.24, 2.45) is 0 Å². The molecule has 0 amide bonds. The van der Waals surface area contributed by atoms with E-state index in [4.69, 9.17) is 0 Å². The van der Waals surface area contributed by atoms with Gasteiger partial charge in [-0.15, -0.1) is 11.3 Å². The van der Waals surface area contributed by atoms with Crippen LogP contribution < -0.4 is 5.32 Å². The Hall–Kier alpha value is -1.36. The molecule has 4 nitrogen and oxygen atoms in total. The van der Waals surface area contributed by atoms with E-state index in [0.717, 1.165) is 18.2 Å². The van der Waals surface area contributed by atoms with Gasteiger partial charge in [0.05, 0.1) is 17.7 Å². The first-order valence-corrected chi connectivity index (χ1v) is 7.01. The van der Waals surface area contributed by atoms with Gasteiger partial charge in [0, 0.05) is 23.8 Å². The van der Waals surface area contributed by atoms with Crippen LogP contribution in [0.2, 0.25) is 0 Å². The number of thiazole rings is 1. The molecule has 3 rings (SSSR count). The molecule has 17 heavy (non-hydrogen) atoms. The third-order valence-corrected chi connectivity index (χ3v) is 3.85. The van der Waals surface area contributed by atoms with Crippen molar-refractivity contribution in [2.75, 3.05) is 5.32 Å². The van der Waals surface area contributed by atoms with Crippen molar-refractivity contribution >= 4 is 17.3 Å². The molecule has 2 aromatic heterocycles. The first-order chi connectivity index (χ1) is 8.42. The zero-order valence-electron chi connectivity index (χ0n) is 9.67. The van der Waals surface area contributed by atoms with Crippen molar-refractivity contribution in [1.29, 1.82) is 0 Å². The molecule has 1 saturated carbocycles. The summed E-state index contributed by atoms with van der Waals surface area (Å²) in [6, 6.07) is 0.603. The van der Waals surface area contributed by atoms with Crippen LogP contribution in [-0.4, -0.2) is 20.6 Å². The van der Waals surface area contributed by atoms with Crippen LogP contribution in [0.5, 0.6) is 0 Å². The molecule has 0 spiro atoms. The Morgan fingerprint density at radius 1 is 1.35 bits per heavy atom. The van der Waals surface area contributed by atoms with Gasteiger partial charge in [-0.1, -0.05) is 12.8 Å². The largest absolute Gasteiger partial charge is 0.353 e. The number of anilines is 1. The summed E-state index contributed by atoms with van der Waals surface area (Å²) in [5.41, 5.74) is 2.97. The zero-order valence-corrected chi connectivity index (χ0v) is 10.5. The average molecular weight is 248 g/mol. The molecule has 2 heterocycles. The number of hydrogen-bond donors (Lipinski definition) is 1. The van der Waals surface area contributed by atoms with E-state index in [9.17, 15) is 0 Å². The van der Waals surface area contributed by atoms with Gasteiger partial charge in [0.25, 0.3) is 0 Å². The normalized spacial score (nSPS) is 16.5. The van der Waals surface area contributed by atoms with Gasteiger partial charge in [-0.05, 0) is 12.8 Å². The first kappa shape index (κ1) is 10.8. The molecule has 2 aromatic rings. The Labute approximate surface area is 105 Å². The van der Waals surface area contributed by atoms with Crippen LogP contribution in [0.4, 0.5) is 5.95 Å². The molecule has 0 atom stereocenters. The molecular formula is C12H16N4S. The van der Waals surface area contributed by atoms with Gasteiger partial charge in [-0.3, -0.25) is 0 Å². The van der Waals surface area contributed by atoms with Gasteiger partial charge < -0.3 is 9.88 Å². The van der Waals surface area contributed by atoms with Crippen molar-refractivity contribution in [3.63, 3.8) is 0 Å². The van der Waals surface area contributed by atoms with Crippen LogP contribution >= 0.6 is 11.3 Å². The maximum atomic E-state index is 4.39. The van der Waals surface area contributed by atoms with E-state index in [2.05, 4.69) is 25.2 Å². The Morgan fingerprint density at radius 3 is 3.00 bits per heavy atom. The zero-order chi connectivity index (χ0) is 11.5. The lowest BCUT2D eigenvalue weighted by molar-refractivity contribution is 0.712. The Morgan fingerprint density at radius 2 is 2.24 bits per heavy atom. The highest BCUT2D eigenvalue weighted by atomic mass is 32.1. The molecule has 5 heteroatoms. The van der Waals surface area contributed by atoms with Crippen LogP contribution in [0.1, 0.15) is 31.4 Å². The van der Waals surface area contributed by atoms with E-state index in [0.29, 0.717) is 6.04 Å². The maximum Gasteiger partial charge on any atom is 0.203 e. The van der Waals surface area contributed by atoms with Crippen LogP contribution in [0, 0.1) is 0 Å². The predicted molar refractivity (Wildman–Crippen MR) is 69.3 cm³/mol. The number of nitrogens with one attached hydrogen (secondary N) is 1. The van der Waals surface area contributed by atoms with Gasteiger partial charge in [-0.2, -0.15) is 0 Å². The first-order valence-electron chi connectivity index (χ1n) is 6.06. The van der Waals surface area contributed by atoms with Gasteiger partial charge in [0.1, 0.15) is 0 Å². The summed E-state index contributed by atoms with van der Waals surface area (Å²) < 4.78 is 2.13. The second-order valence-electron chi connectivity index (χ2n) is 4.48. The van der Waals surface area contributed by atoms with Gasteiger partial charge in [-0.25, -0.2) is 9.97 Å². The van der Waals surface area contributed by atoms with Crippen molar-refractivity contribution < 1.29 is 0 Å². The van der Waals surface area contributed by atoms with Crippen molar-refractivity contribution in [3.05, 3.63) is 29.0 Å². The van der Waals surface area contributed by atoms with Crippen molar-refractivity contribution in [3.8, 4) is 0 Å². The predicted octanol–water partition coefficient (Wildman–Crippen LogP) is 2.74. The van der Waals surface area contributed by atoms with Crippen LogP contribution in [0.3, 0.4) is 0 Å². The molecule has 0 unspecified atom stereocenters. The molecule has 0 aromatic carbocycles. The fourth-order valence-electron chi connectivity index (χ4n) is 2.32. The van der Waals surface area contributed by atoms with E-state index in [-0.39, 0.29) is 0 Å². The standard InChI is InChI=1S/C12H16N4S/c1-2-4-10(3-1)15-12-13-5-6-16(12)7-11-8-17-9-14-11/h5-6,8-10H,1-4,7H2,(H,13,15). The average Bonchev–Trinajstić information content (AvgIpc) is 3.04. The third kappa shape index (κ3) is 2.49. The van der Waals surface area contributed by atoms with Gasteiger partial charge in [0.15, 0.2) is 0 Å². The molecule has 1 fully saturated rings. The molecule has 1 aliphatic rings. The summed E-state index contributed by atoms with van der Waals surface area (Å²) in [6.45, 7) is 0.804. The Kier molecular flexibility index (Phi) is 3.09.